The topological polar surface area (TPSA) is 66.5 Å². The number of amides is 1. The number of hydrogen-bond donors (Lipinski definition) is 1. The van der Waals surface area contributed by atoms with E-state index in [4.69, 9.17) is 11.6 Å². The van der Waals surface area contributed by atoms with E-state index >= 15 is 0 Å². The fraction of sp³-hybridized carbons (Fsp3) is 0.708. The first kappa shape index (κ1) is 27.9. The van der Waals surface area contributed by atoms with Crippen LogP contribution < -0.4 is 5.32 Å². The summed E-state index contributed by atoms with van der Waals surface area (Å²) in [5, 5.41) is 3.58. The average Bonchev–Trinajstić information content (AvgIpc) is 2.68. The zero-order valence-corrected chi connectivity index (χ0v) is 18.9. The fourth-order valence-corrected chi connectivity index (χ4v) is 6.56. The van der Waals surface area contributed by atoms with Gasteiger partial charge in [-0.3, -0.25) is 4.79 Å². The third kappa shape index (κ3) is 7.19. The van der Waals surface area contributed by atoms with Crippen molar-refractivity contribution in [2.45, 2.75) is 84.5 Å². The molecule has 1 saturated heterocycles. The molecule has 1 N–H and O–H groups in total. The van der Waals surface area contributed by atoms with Gasteiger partial charge in [-0.25, -0.2) is 8.42 Å². The lowest BCUT2D eigenvalue weighted by Gasteiger charge is -2.32. The maximum absolute atomic E-state index is 13.1. The van der Waals surface area contributed by atoms with Crippen LogP contribution in [0.25, 0.3) is 0 Å². The van der Waals surface area contributed by atoms with Gasteiger partial charge < -0.3 is 5.32 Å². The first-order chi connectivity index (χ1) is 13.9. The van der Waals surface area contributed by atoms with Crippen LogP contribution in [0.1, 0.15) is 78.2 Å². The molecular formula is C24H41ClN2O3S. The van der Waals surface area contributed by atoms with Crippen molar-refractivity contribution < 1.29 is 13.2 Å². The molecule has 2 aliphatic rings. The molecule has 0 aromatic heterocycles. The minimum Gasteiger partial charge on any atom is -0.356 e. The van der Waals surface area contributed by atoms with Crippen LogP contribution in [0.15, 0.2) is 23.1 Å². The Labute approximate surface area is 195 Å². The van der Waals surface area contributed by atoms with Crippen molar-refractivity contribution in [1.29, 1.82) is 0 Å². The second-order valence-corrected chi connectivity index (χ2v) is 10.8. The largest absolute Gasteiger partial charge is 0.356 e. The molecule has 31 heavy (non-hydrogen) atoms. The molecule has 0 bridgehead atoms. The van der Waals surface area contributed by atoms with Crippen LogP contribution in [0.3, 0.4) is 0 Å². The van der Waals surface area contributed by atoms with Gasteiger partial charge in [0.2, 0.25) is 15.9 Å². The SMILES string of the molecule is C.C.Cc1c(Cl)cccc1S(=O)(=O)N1CCCC(CNC(=O)C2CCCCCCC2)C1. The Bertz CT molecular complexity index is 805. The third-order valence-electron chi connectivity index (χ3n) is 6.36. The Morgan fingerprint density at radius 3 is 2.39 bits per heavy atom. The molecule has 0 radical (unpaired) electrons. The second-order valence-electron chi connectivity index (χ2n) is 8.52. The van der Waals surface area contributed by atoms with Crippen LogP contribution in [-0.2, 0) is 14.8 Å². The van der Waals surface area contributed by atoms with Gasteiger partial charge >= 0.3 is 0 Å². The lowest BCUT2D eigenvalue weighted by Crippen LogP contribution is -2.44. The molecule has 1 amide bonds. The molecule has 1 aromatic rings. The number of hydrogen-bond acceptors (Lipinski definition) is 3. The molecule has 0 spiro atoms. The Kier molecular flexibility index (Phi) is 11.5. The highest BCUT2D eigenvalue weighted by molar-refractivity contribution is 7.89. The van der Waals surface area contributed by atoms with Crippen LogP contribution in [-0.4, -0.2) is 38.3 Å². The van der Waals surface area contributed by atoms with Gasteiger partial charge in [0, 0.05) is 30.6 Å². The predicted molar refractivity (Wildman–Crippen MR) is 130 cm³/mol. The Morgan fingerprint density at radius 1 is 1.06 bits per heavy atom. The summed E-state index contributed by atoms with van der Waals surface area (Å²) in [6.45, 7) is 3.25. The van der Waals surface area contributed by atoms with Crippen LogP contribution in [0.4, 0.5) is 0 Å². The zero-order chi connectivity index (χ0) is 20.9. The molecule has 1 aliphatic carbocycles. The highest BCUT2D eigenvalue weighted by atomic mass is 35.5. The molecule has 5 nitrogen and oxygen atoms in total. The summed E-state index contributed by atoms with van der Waals surface area (Å²) in [5.74, 6) is 0.418. The van der Waals surface area contributed by atoms with Crippen molar-refractivity contribution in [1.82, 2.24) is 9.62 Å². The number of rotatable bonds is 5. The van der Waals surface area contributed by atoms with E-state index in [1.807, 2.05) is 0 Å². The normalized spacial score (nSPS) is 21.2. The third-order valence-corrected chi connectivity index (χ3v) is 8.78. The summed E-state index contributed by atoms with van der Waals surface area (Å²) >= 11 is 6.14. The first-order valence-electron chi connectivity index (χ1n) is 10.9. The van der Waals surface area contributed by atoms with Crippen molar-refractivity contribution in [3.63, 3.8) is 0 Å². The molecule has 1 aromatic carbocycles. The van der Waals surface area contributed by atoms with Gasteiger partial charge in [0.05, 0.1) is 4.90 Å². The van der Waals surface area contributed by atoms with E-state index in [1.54, 1.807) is 29.4 Å². The predicted octanol–water partition coefficient (Wildman–Crippen LogP) is 5.80. The van der Waals surface area contributed by atoms with Crippen molar-refractivity contribution in [2.75, 3.05) is 19.6 Å². The molecule has 1 saturated carbocycles. The molecule has 1 heterocycles. The molecule has 1 aliphatic heterocycles. The van der Waals surface area contributed by atoms with Crippen LogP contribution >= 0.6 is 11.6 Å². The Morgan fingerprint density at radius 2 is 1.71 bits per heavy atom. The molecule has 1 unspecified atom stereocenters. The van der Waals surface area contributed by atoms with Crippen molar-refractivity contribution in [2.24, 2.45) is 11.8 Å². The van der Waals surface area contributed by atoms with Crippen molar-refractivity contribution >= 4 is 27.5 Å². The van der Waals surface area contributed by atoms with E-state index in [9.17, 15) is 13.2 Å². The van der Waals surface area contributed by atoms with Gasteiger partial charge in [0.1, 0.15) is 0 Å². The molecule has 178 valence electrons. The zero-order valence-electron chi connectivity index (χ0n) is 17.3. The van der Waals surface area contributed by atoms with Gasteiger partial charge in [0.15, 0.2) is 0 Å². The van der Waals surface area contributed by atoms with Gasteiger partial charge in [0.25, 0.3) is 0 Å². The minimum atomic E-state index is -3.58. The van der Waals surface area contributed by atoms with E-state index in [-0.39, 0.29) is 37.5 Å². The number of nitrogens with zero attached hydrogens (tertiary/aromatic N) is 1. The van der Waals surface area contributed by atoms with Crippen molar-refractivity contribution in [3.8, 4) is 0 Å². The van der Waals surface area contributed by atoms with Crippen LogP contribution in [0.2, 0.25) is 5.02 Å². The number of carbonyl (C=O) groups excluding carboxylic acids is 1. The van der Waals surface area contributed by atoms with Gasteiger partial charge in [-0.15, -0.1) is 0 Å². The number of nitrogens with one attached hydrogen (secondary N) is 1. The maximum Gasteiger partial charge on any atom is 0.243 e. The number of carbonyl (C=O) groups is 1. The van der Waals surface area contributed by atoms with E-state index in [0.717, 1.165) is 38.5 Å². The molecule has 2 fully saturated rings. The number of benzene rings is 1. The maximum atomic E-state index is 13.1. The van der Waals surface area contributed by atoms with E-state index in [1.165, 1.54) is 19.3 Å². The van der Waals surface area contributed by atoms with E-state index in [0.29, 0.717) is 30.2 Å². The summed E-state index contributed by atoms with van der Waals surface area (Å²) < 4.78 is 27.8. The molecule has 3 rings (SSSR count). The van der Waals surface area contributed by atoms with E-state index < -0.39 is 10.0 Å². The fourth-order valence-electron chi connectivity index (χ4n) is 4.53. The summed E-state index contributed by atoms with van der Waals surface area (Å²) in [5.41, 5.74) is 0.592. The van der Waals surface area contributed by atoms with Crippen LogP contribution in [0, 0.1) is 18.8 Å². The number of halogens is 1. The van der Waals surface area contributed by atoms with Crippen molar-refractivity contribution in [3.05, 3.63) is 28.8 Å². The summed E-state index contributed by atoms with van der Waals surface area (Å²) in [6, 6.07) is 5.01. The lowest BCUT2D eigenvalue weighted by molar-refractivity contribution is -0.125. The number of piperidine rings is 1. The van der Waals surface area contributed by atoms with Crippen LogP contribution in [0.5, 0.6) is 0 Å². The lowest BCUT2D eigenvalue weighted by atomic mass is 9.90. The summed E-state index contributed by atoms with van der Waals surface area (Å²) in [4.78, 5) is 12.9. The molecule has 1 atom stereocenters. The minimum absolute atomic E-state index is 0. The van der Waals surface area contributed by atoms with Gasteiger partial charge in [-0.1, -0.05) is 64.6 Å². The first-order valence-corrected chi connectivity index (χ1v) is 12.7. The van der Waals surface area contributed by atoms with Gasteiger partial charge in [-0.05, 0) is 56.2 Å². The second kappa shape index (κ2) is 12.8. The summed E-state index contributed by atoms with van der Waals surface area (Å²) in [7, 11) is -3.58. The standard InChI is InChI=1S/C22H33ClN2O3S.2CH4/c1-17-20(23)12-7-13-21(17)29(27,28)25-14-8-9-18(16-25)15-24-22(26)19-10-5-3-2-4-6-11-19;;/h7,12-13,18-19H,2-6,8-11,14-16H2,1H3,(H,24,26);2*1H4. The summed E-state index contributed by atoms with van der Waals surface area (Å²) in [6.07, 6.45) is 9.69. The monoisotopic (exact) mass is 472 g/mol. The van der Waals surface area contributed by atoms with E-state index in [2.05, 4.69) is 5.32 Å². The average molecular weight is 473 g/mol. The Balaban J connectivity index is 0.00000240. The highest BCUT2D eigenvalue weighted by Crippen LogP contribution is 2.29. The quantitative estimate of drug-likeness (QED) is 0.588. The molecule has 7 heteroatoms. The Hall–Kier alpha value is -1.11. The highest BCUT2D eigenvalue weighted by Gasteiger charge is 2.32. The number of sulfonamides is 1. The van der Waals surface area contributed by atoms with Gasteiger partial charge in [-0.2, -0.15) is 4.31 Å². The molecular weight excluding hydrogens is 432 g/mol. The smallest absolute Gasteiger partial charge is 0.243 e.